The van der Waals surface area contributed by atoms with Crippen LogP contribution in [0.4, 0.5) is 5.69 Å². The van der Waals surface area contributed by atoms with E-state index in [1.807, 2.05) is 0 Å². The first-order valence-corrected chi connectivity index (χ1v) is 3.79. The first-order chi connectivity index (χ1) is 6.43. The Hall–Kier alpha value is -1.98. The summed E-state index contributed by atoms with van der Waals surface area (Å²) in [6.45, 7) is 1.19. The van der Waals surface area contributed by atoms with Gasteiger partial charge in [-0.05, 0) is 6.92 Å². The number of Topliss-reactive ketones (excluding diaryl/α,β-unsaturated/α-hetero) is 1. The number of aromatic nitrogens is 1. The van der Waals surface area contributed by atoms with E-state index >= 15 is 0 Å². The van der Waals surface area contributed by atoms with Gasteiger partial charge in [0.25, 0.3) is 11.2 Å². The van der Waals surface area contributed by atoms with Gasteiger partial charge in [0.2, 0.25) is 0 Å². The molecule has 0 saturated carbocycles. The zero-order chi connectivity index (χ0) is 10.9. The number of hydrogen-bond acceptors (Lipinski definition) is 4. The van der Waals surface area contributed by atoms with Gasteiger partial charge < -0.3 is 4.57 Å². The van der Waals surface area contributed by atoms with Crippen LogP contribution in [0.2, 0.25) is 0 Å². The lowest BCUT2D eigenvalue weighted by atomic mass is 10.2. The molecular formula is C8H8N2O4. The molecule has 0 bridgehead atoms. The van der Waals surface area contributed by atoms with Gasteiger partial charge in [-0.3, -0.25) is 19.7 Å². The highest BCUT2D eigenvalue weighted by Crippen LogP contribution is 2.09. The monoisotopic (exact) mass is 196 g/mol. The summed E-state index contributed by atoms with van der Waals surface area (Å²) < 4.78 is 1.02. The number of carbonyl (C=O) groups excluding carboxylic acids is 1. The van der Waals surface area contributed by atoms with E-state index in [4.69, 9.17) is 0 Å². The molecule has 0 spiro atoms. The molecular weight excluding hydrogens is 188 g/mol. The van der Waals surface area contributed by atoms with Crippen LogP contribution in [0.5, 0.6) is 0 Å². The van der Waals surface area contributed by atoms with Crippen LogP contribution in [-0.4, -0.2) is 15.3 Å². The molecule has 1 aromatic rings. The molecule has 1 heterocycles. The molecule has 0 radical (unpaired) electrons. The second kappa shape index (κ2) is 3.41. The van der Waals surface area contributed by atoms with Crippen molar-refractivity contribution in [3.63, 3.8) is 0 Å². The average molecular weight is 196 g/mol. The second-order valence-corrected chi connectivity index (χ2v) is 2.84. The van der Waals surface area contributed by atoms with E-state index in [1.54, 1.807) is 0 Å². The van der Waals surface area contributed by atoms with Crippen molar-refractivity contribution in [2.24, 2.45) is 7.05 Å². The van der Waals surface area contributed by atoms with Gasteiger partial charge in [-0.1, -0.05) is 0 Å². The van der Waals surface area contributed by atoms with Gasteiger partial charge in [0.15, 0.2) is 5.78 Å². The fourth-order valence-electron chi connectivity index (χ4n) is 1.05. The van der Waals surface area contributed by atoms with Gasteiger partial charge in [0, 0.05) is 13.1 Å². The highest BCUT2D eigenvalue weighted by atomic mass is 16.6. The predicted octanol–water partition coefficient (Wildman–Crippen LogP) is 0.496. The number of pyridine rings is 1. The SMILES string of the molecule is CC(=O)c1cc([N+](=O)[O-])cn(C)c1=O. The zero-order valence-electron chi connectivity index (χ0n) is 7.68. The van der Waals surface area contributed by atoms with Crippen LogP contribution in [0.15, 0.2) is 17.1 Å². The number of hydrogen-bond donors (Lipinski definition) is 0. The third kappa shape index (κ3) is 1.68. The van der Waals surface area contributed by atoms with Crippen molar-refractivity contribution in [2.75, 3.05) is 0 Å². The minimum absolute atomic E-state index is 0.165. The van der Waals surface area contributed by atoms with E-state index in [2.05, 4.69) is 0 Å². The fourth-order valence-corrected chi connectivity index (χ4v) is 1.05. The lowest BCUT2D eigenvalue weighted by molar-refractivity contribution is -0.385. The summed E-state index contributed by atoms with van der Waals surface area (Å²) in [5, 5.41) is 10.4. The first-order valence-electron chi connectivity index (χ1n) is 3.79. The van der Waals surface area contributed by atoms with E-state index in [9.17, 15) is 19.7 Å². The normalized spacial score (nSPS) is 9.86. The molecule has 0 fully saturated rings. The molecule has 14 heavy (non-hydrogen) atoms. The molecule has 0 aromatic carbocycles. The Balaban J connectivity index is 3.51. The van der Waals surface area contributed by atoms with Crippen LogP contribution in [0.25, 0.3) is 0 Å². The molecule has 0 atom stereocenters. The van der Waals surface area contributed by atoms with E-state index < -0.39 is 16.3 Å². The zero-order valence-corrected chi connectivity index (χ0v) is 7.68. The maximum absolute atomic E-state index is 11.3. The maximum atomic E-state index is 11.3. The van der Waals surface area contributed by atoms with Gasteiger partial charge in [0.1, 0.15) is 0 Å². The molecule has 0 aliphatic rings. The Morgan fingerprint density at radius 1 is 1.57 bits per heavy atom. The maximum Gasteiger partial charge on any atom is 0.286 e. The lowest BCUT2D eigenvalue weighted by Gasteiger charge is -2.00. The molecule has 1 aromatic heterocycles. The lowest BCUT2D eigenvalue weighted by Crippen LogP contribution is -2.23. The van der Waals surface area contributed by atoms with E-state index in [0.29, 0.717) is 0 Å². The van der Waals surface area contributed by atoms with Crippen molar-refractivity contribution >= 4 is 11.5 Å². The Morgan fingerprint density at radius 3 is 2.57 bits per heavy atom. The van der Waals surface area contributed by atoms with E-state index in [1.165, 1.54) is 14.0 Å². The van der Waals surface area contributed by atoms with Gasteiger partial charge in [-0.15, -0.1) is 0 Å². The Labute approximate surface area is 78.9 Å². The van der Waals surface area contributed by atoms with Crippen molar-refractivity contribution in [2.45, 2.75) is 6.92 Å². The summed E-state index contributed by atoms with van der Waals surface area (Å²) in [6, 6.07) is 0.991. The van der Waals surface area contributed by atoms with Crippen molar-refractivity contribution in [3.8, 4) is 0 Å². The molecule has 0 N–H and O–H groups in total. The summed E-state index contributed by atoms with van der Waals surface area (Å²) in [7, 11) is 1.36. The highest BCUT2D eigenvalue weighted by molar-refractivity contribution is 5.94. The second-order valence-electron chi connectivity index (χ2n) is 2.84. The Bertz CT molecular complexity index is 461. The largest absolute Gasteiger partial charge is 0.311 e. The molecule has 0 amide bonds. The van der Waals surface area contributed by atoms with Crippen molar-refractivity contribution in [1.29, 1.82) is 0 Å². The number of aryl methyl sites for hydroxylation is 1. The molecule has 0 saturated heterocycles. The minimum Gasteiger partial charge on any atom is -0.311 e. The van der Waals surface area contributed by atoms with Crippen molar-refractivity contribution in [1.82, 2.24) is 4.57 Å². The average Bonchev–Trinajstić information content (AvgIpc) is 2.08. The highest BCUT2D eigenvalue weighted by Gasteiger charge is 2.14. The molecule has 0 aliphatic carbocycles. The van der Waals surface area contributed by atoms with Gasteiger partial charge in [-0.2, -0.15) is 0 Å². The summed E-state index contributed by atoms with van der Waals surface area (Å²) >= 11 is 0. The number of carbonyl (C=O) groups is 1. The van der Waals surface area contributed by atoms with Gasteiger partial charge in [0.05, 0.1) is 16.7 Å². The van der Waals surface area contributed by atoms with E-state index in [0.717, 1.165) is 16.8 Å². The van der Waals surface area contributed by atoms with Gasteiger partial charge >= 0.3 is 0 Å². The number of nitro groups is 1. The first kappa shape index (κ1) is 10.1. The molecule has 0 aliphatic heterocycles. The van der Waals surface area contributed by atoms with Gasteiger partial charge in [-0.25, -0.2) is 0 Å². The fraction of sp³-hybridized carbons (Fsp3) is 0.250. The number of rotatable bonds is 2. The third-order valence-corrected chi connectivity index (χ3v) is 1.76. The van der Waals surface area contributed by atoms with Crippen LogP contribution in [0, 0.1) is 10.1 Å². The van der Waals surface area contributed by atoms with Crippen LogP contribution >= 0.6 is 0 Å². The molecule has 0 unspecified atom stereocenters. The smallest absolute Gasteiger partial charge is 0.286 e. The summed E-state index contributed by atoms with van der Waals surface area (Å²) in [5.41, 5.74) is -0.956. The topological polar surface area (TPSA) is 82.2 Å². The van der Waals surface area contributed by atoms with Crippen molar-refractivity contribution < 1.29 is 9.72 Å². The quantitative estimate of drug-likeness (QED) is 0.391. The predicted molar refractivity (Wildman–Crippen MR) is 48.3 cm³/mol. The minimum atomic E-state index is -0.647. The number of ketones is 1. The van der Waals surface area contributed by atoms with Crippen LogP contribution in [0.3, 0.4) is 0 Å². The molecule has 6 heteroatoms. The molecule has 74 valence electrons. The third-order valence-electron chi connectivity index (χ3n) is 1.76. The summed E-state index contributed by atoms with van der Waals surface area (Å²) in [5.74, 6) is -0.477. The van der Waals surface area contributed by atoms with Crippen LogP contribution < -0.4 is 5.56 Å². The Morgan fingerprint density at radius 2 is 2.14 bits per heavy atom. The summed E-state index contributed by atoms with van der Waals surface area (Å²) in [6.07, 6.45) is 1.08. The van der Waals surface area contributed by atoms with Crippen molar-refractivity contribution in [3.05, 3.63) is 38.3 Å². The summed E-state index contributed by atoms with van der Waals surface area (Å²) in [4.78, 5) is 32.0. The molecule has 1 rings (SSSR count). The van der Waals surface area contributed by atoms with Crippen LogP contribution in [-0.2, 0) is 7.05 Å². The Kier molecular flexibility index (Phi) is 2.46. The molecule has 6 nitrogen and oxygen atoms in total. The van der Waals surface area contributed by atoms with E-state index in [-0.39, 0.29) is 11.3 Å². The standard InChI is InChI=1S/C8H8N2O4/c1-5(11)7-3-6(10(13)14)4-9(2)8(7)12/h3-4H,1-2H3. The number of nitrogens with zero attached hydrogens (tertiary/aromatic N) is 2. The van der Waals surface area contributed by atoms with Crippen LogP contribution in [0.1, 0.15) is 17.3 Å².